The lowest BCUT2D eigenvalue weighted by molar-refractivity contribution is -0.513. The molecule has 0 aliphatic rings. The smallest absolute Gasteiger partial charge is 0.236 e. The van der Waals surface area contributed by atoms with E-state index in [-0.39, 0.29) is 12.1 Å². The molecule has 0 radical (unpaired) electrons. The lowest BCUT2D eigenvalue weighted by atomic mass is 10.4. The quantitative estimate of drug-likeness (QED) is 0.480. The van der Waals surface area contributed by atoms with Gasteiger partial charge in [0.05, 0.1) is 6.20 Å². The Hall–Kier alpha value is -0.900. The van der Waals surface area contributed by atoms with Gasteiger partial charge in [0.2, 0.25) is 12.2 Å². The van der Waals surface area contributed by atoms with Crippen LogP contribution in [0.2, 0.25) is 0 Å². The first-order chi connectivity index (χ1) is 5.45. The van der Waals surface area contributed by atoms with Crippen molar-refractivity contribution in [2.45, 2.75) is 39.8 Å². The molecule has 0 fully saturated rings. The minimum atomic E-state index is -0.123. The maximum absolute atomic E-state index is 10.9. The summed E-state index contributed by atoms with van der Waals surface area (Å²) in [7, 11) is 0. The second kappa shape index (κ2) is 4.87. The maximum Gasteiger partial charge on any atom is 0.236 e. The molecule has 0 unspecified atom stereocenters. The molecule has 0 bridgehead atoms. The predicted octanol–water partition coefficient (Wildman–Crippen LogP) is 1.85. The van der Waals surface area contributed by atoms with Crippen LogP contribution in [0, 0.1) is 10.1 Å². The lowest BCUT2D eigenvalue weighted by Crippen LogP contribution is -2.19. The van der Waals surface area contributed by atoms with Crippen molar-refractivity contribution in [1.29, 1.82) is 0 Å². The van der Waals surface area contributed by atoms with E-state index >= 15 is 0 Å². The first-order valence-electron chi connectivity index (χ1n) is 4.04. The molecule has 0 saturated carbocycles. The molecular formula is C8H16N2O2. The van der Waals surface area contributed by atoms with E-state index in [1.807, 2.05) is 0 Å². The zero-order valence-electron chi connectivity index (χ0n) is 8.02. The van der Waals surface area contributed by atoms with Crippen LogP contribution in [-0.2, 0) is 0 Å². The highest BCUT2D eigenvalue weighted by Gasteiger charge is 2.08. The van der Waals surface area contributed by atoms with E-state index in [4.69, 9.17) is 0 Å². The van der Waals surface area contributed by atoms with Gasteiger partial charge in [-0.15, -0.1) is 0 Å². The van der Waals surface area contributed by atoms with Crippen molar-refractivity contribution in [2.24, 2.45) is 0 Å². The van der Waals surface area contributed by atoms with Gasteiger partial charge in [0, 0.05) is 29.6 Å². The zero-order valence-corrected chi connectivity index (χ0v) is 8.02. The second-order valence-corrected chi connectivity index (χ2v) is 3.21. The van der Waals surface area contributed by atoms with E-state index in [0.29, 0.717) is 0 Å². The number of rotatable bonds is 4. The Morgan fingerprint density at radius 1 is 1.33 bits per heavy atom. The van der Waals surface area contributed by atoms with Crippen LogP contribution in [0.5, 0.6) is 0 Å². The highest BCUT2D eigenvalue weighted by atomic mass is 16.5. The Morgan fingerprint density at radius 3 is 2.17 bits per heavy atom. The first kappa shape index (κ1) is 11.1. The molecule has 0 aromatic rings. The van der Waals surface area contributed by atoms with Crippen molar-refractivity contribution in [3.05, 3.63) is 22.5 Å². The summed E-state index contributed by atoms with van der Waals surface area (Å²) in [6, 6.07) is -0.247. The van der Waals surface area contributed by atoms with Crippen LogP contribution >= 0.6 is 0 Å². The molecule has 0 spiro atoms. The van der Waals surface area contributed by atoms with Crippen molar-refractivity contribution in [2.75, 3.05) is 0 Å². The van der Waals surface area contributed by atoms with Crippen LogP contribution in [0.4, 0.5) is 0 Å². The van der Waals surface area contributed by atoms with Gasteiger partial charge >= 0.3 is 0 Å². The molecule has 4 nitrogen and oxygen atoms in total. The fourth-order valence-corrected chi connectivity index (χ4v) is 0.476. The molecule has 12 heavy (non-hydrogen) atoms. The van der Waals surface area contributed by atoms with Gasteiger partial charge in [-0.3, -0.25) is 0 Å². The Bertz CT molecular complexity index is 176. The standard InChI is InChI=1S/C8H16N2O2/c1-7(2)9(11)5-6-10(12)8(3)4/h5-8H,1-4H3. The van der Waals surface area contributed by atoms with Crippen LogP contribution in [0.3, 0.4) is 0 Å². The van der Waals surface area contributed by atoms with Gasteiger partial charge in [-0.25, -0.2) is 0 Å². The van der Waals surface area contributed by atoms with Gasteiger partial charge in [-0.2, -0.15) is 0 Å². The Balaban J connectivity index is 3.98. The third-order valence-electron chi connectivity index (χ3n) is 1.38. The normalized spacial score (nSPS) is 11.6. The van der Waals surface area contributed by atoms with Crippen LogP contribution in [0.15, 0.2) is 12.4 Å². The molecule has 0 heterocycles. The lowest BCUT2D eigenvalue weighted by Gasteiger charge is -2.29. The topological polar surface area (TPSA) is 46.4 Å². The van der Waals surface area contributed by atoms with Crippen molar-refractivity contribution in [3.63, 3.8) is 0 Å². The molecule has 0 aromatic carbocycles. The number of hydroxylamine groups is 2. The van der Waals surface area contributed by atoms with Gasteiger partial charge in [-0.05, 0) is 13.8 Å². The van der Waals surface area contributed by atoms with Crippen molar-refractivity contribution < 1.29 is 4.76 Å². The minimum absolute atomic E-state index is 0.123. The van der Waals surface area contributed by atoms with E-state index < -0.39 is 0 Å². The van der Waals surface area contributed by atoms with Crippen molar-refractivity contribution >= 4 is 0 Å². The number of nitroso groups, excluding NO2 is 1. The van der Waals surface area contributed by atoms with Crippen molar-refractivity contribution in [3.8, 4) is 0 Å². The Morgan fingerprint density at radius 2 is 1.83 bits per heavy atom. The largest absolute Gasteiger partial charge is 0.758 e. The van der Waals surface area contributed by atoms with E-state index in [1.165, 1.54) is 12.4 Å². The van der Waals surface area contributed by atoms with Crippen LogP contribution < -0.4 is 0 Å². The fourth-order valence-electron chi connectivity index (χ4n) is 0.476. The molecule has 4 heteroatoms. The van der Waals surface area contributed by atoms with Gasteiger partial charge in [-0.1, -0.05) is 0 Å². The van der Waals surface area contributed by atoms with E-state index in [1.54, 1.807) is 27.7 Å². The van der Waals surface area contributed by atoms with E-state index in [0.717, 1.165) is 9.82 Å². The van der Waals surface area contributed by atoms with Crippen LogP contribution in [-0.4, -0.2) is 21.9 Å². The molecule has 0 N–H and O–H groups in total. The Labute approximate surface area is 73.0 Å². The van der Waals surface area contributed by atoms with Gasteiger partial charge in [0.25, 0.3) is 0 Å². The first-order valence-corrected chi connectivity index (χ1v) is 4.04. The summed E-state index contributed by atoms with van der Waals surface area (Å²) in [5.74, 6) is 0. The summed E-state index contributed by atoms with van der Waals surface area (Å²) in [4.78, 5) is 10.9. The van der Waals surface area contributed by atoms with E-state index in [2.05, 4.69) is 0 Å². The third kappa shape index (κ3) is 4.08. The summed E-state index contributed by atoms with van der Waals surface area (Å²) in [6.07, 6.45) is 2.50. The summed E-state index contributed by atoms with van der Waals surface area (Å²) >= 11 is 0. The predicted molar refractivity (Wildman–Crippen MR) is 48.2 cm³/mol. The second-order valence-electron chi connectivity index (χ2n) is 3.21. The molecule has 70 valence electrons. The van der Waals surface area contributed by atoms with Crippen LogP contribution in [0.25, 0.3) is 0 Å². The molecule has 0 rings (SSSR count). The molecule has 0 aliphatic heterocycles. The van der Waals surface area contributed by atoms with E-state index in [9.17, 15) is 10.1 Å². The highest BCUT2D eigenvalue weighted by molar-refractivity contribution is 4.78. The minimum Gasteiger partial charge on any atom is -0.758 e. The number of nitrogens with zero attached hydrogens (tertiary/aromatic N) is 2. The summed E-state index contributed by atoms with van der Waals surface area (Å²) in [6.45, 7) is 7.06. The molecule has 0 amide bonds. The molecule has 0 aromatic heterocycles. The number of hydrogen-bond donors (Lipinski definition) is 0. The molecule has 0 saturated heterocycles. The van der Waals surface area contributed by atoms with Gasteiger partial charge < -0.3 is 10.3 Å². The number of hydrogen-bond acceptors (Lipinski definition) is 3. The summed E-state index contributed by atoms with van der Waals surface area (Å²) in [5, 5.41) is 11.7. The average Bonchev–Trinajstić information content (AvgIpc) is 1.98. The molecule has 0 atom stereocenters. The maximum atomic E-state index is 10.9. The molecule has 0 aliphatic carbocycles. The fraction of sp³-hybridized carbons (Fsp3) is 0.750. The SMILES string of the molecule is CC(C)N([O-])C=C[N+](=O)C(C)C. The molecular weight excluding hydrogens is 156 g/mol. The van der Waals surface area contributed by atoms with Gasteiger partial charge in [0.15, 0.2) is 0 Å². The summed E-state index contributed by atoms with van der Waals surface area (Å²) < 4.78 is 0.743. The van der Waals surface area contributed by atoms with Crippen LogP contribution in [0.1, 0.15) is 27.7 Å². The highest BCUT2D eigenvalue weighted by Crippen LogP contribution is 1.96. The average molecular weight is 172 g/mol. The zero-order chi connectivity index (χ0) is 9.72. The van der Waals surface area contributed by atoms with Crippen molar-refractivity contribution in [1.82, 2.24) is 5.06 Å². The Kier molecular flexibility index (Phi) is 4.51. The monoisotopic (exact) mass is 172 g/mol. The third-order valence-corrected chi connectivity index (χ3v) is 1.38. The summed E-state index contributed by atoms with van der Waals surface area (Å²) in [5.41, 5.74) is 0. The van der Waals surface area contributed by atoms with Gasteiger partial charge in [0.1, 0.15) is 0 Å².